The van der Waals surface area contributed by atoms with Crippen LogP contribution in [0.15, 0.2) is 47.5 Å². The van der Waals surface area contributed by atoms with Crippen molar-refractivity contribution in [2.75, 3.05) is 6.61 Å². The number of hydrogen-bond donors (Lipinski definition) is 1. The minimum Gasteiger partial charge on any atom is -0.434 e. The van der Waals surface area contributed by atoms with Gasteiger partial charge in [0.2, 0.25) is 0 Å². The van der Waals surface area contributed by atoms with E-state index in [0.717, 1.165) is 11.6 Å². The summed E-state index contributed by atoms with van der Waals surface area (Å²) in [4.78, 5) is 21.4. The predicted octanol–water partition coefficient (Wildman–Crippen LogP) is 4.16. The molecule has 2 aromatic heterocycles. The number of rotatable bonds is 7. The van der Waals surface area contributed by atoms with Crippen molar-refractivity contribution < 1.29 is 23.0 Å². The highest BCUT2D eigenvalue weighted by molar-refractivity contribution is 5.84. The van der Waals surface area contributed by atoms with Gasteiger partial charge >= 0.3 is 6.61 Å². The van der Waals surface area contributed by atoms with Crippen LogP contribution in [0.2, 0.25) is 0 Å². The Hall–Kier alpha value is -3.66. The van der Waals surface area contributed by atoms with Gasteiger partial charge in [-0.2, -0.15) is 8.78 Å². The van der Waals surface area contributed by atoms with Gasteiger partial charge in [-0.15, -0.1) is 0 Å². The Morgan fingerprint density at radius 3 is 2.46 bits per heavy atom. The summed E-state index contributed by atoms with van der Waals surface area (Å²) in [6.45, 7) is 2.28. The molecule has 184 valence electrons. The maximum atomic E-state index is 15.1. The first-order valence-electron chi connectivity index (χ1n) is 10.9. The Morgan fingerprint density at radius 1 is 1.14 bits per heavy atom. The fourth-order valence-corrected chi connectivity index (χ4v) is 3.90. The van der Waals surface area contributed by atoms with E-state index in [1.165, 1.54) is 36.3 Å². The molecule has 0 aliphatic heterocycles. The lowest BCUT2D eigenvalue weighted by atomic mass is 9.93. The van der Waals surface area contributed by atoms with Crippen molar-refractivity contribution in [3.8, 4) is 16.9 Å². The Labute approximate surface area is 199 Å². The van der Waals surface area contributed by atoms with E-state index in [4.69, 9.17) is 0 Å². The van der Waals surface area contributed by atoms with Crippen LogP contribution in [0.25, 0.3) is 22.0 Å². The van der Waals surface area contributed by atoms with Crippen molar-refractivity contribution in [2.24, 2.45) is 7.05 Å². The van der Waals surface area contributed by atoms with Gasteiger partial charge in [0.25, 0.3) is 5.56 Å². The fraction of sp³-hybridized carbons (Fsp3) is 0.320. The Bertz CT molecular complexity index is 1440. The standard InChI is InChI=1S/C25H25F3N4O3/c1-14-5-6-21(35-24(27)28)15(7-14)12-32-20-9-17(19(26)8-18(20)22(34)31(32)4)16-10-29-23(30-11-16)25(2,3)13-33/h5-11,24,33H,12-13H2,1-4H3. The van der Waals surface area contributed by atoms with Gasteiger partial charge in [0.1, 0.15) is 17.4 Å². The van der Waals surface area contributed by atoms with Gasteiger partial charge in [0, 0.05) is 41.5 Å². The molecular weight excluding hydrogens is 461 g/mol. The summed E-state index contributed by atoms with van der Waals surface area (Å²) >= 11 is 0. The number of hydrogen-bond acceptors (Lipinski definition) is 5. The van der Waals surface area contributed by atoms with E-state index in [9.17, 15) is 18.7 Å². The number of fused-ring (bicyclic) bond motifs is 1. The number of aryl methyl sites for hydroxylation is 1. The number of nitrogens with zero attached hydrogens (tertiary/aromatic N) is 4. The van der Waals surface area contributed by atoms with Crippen LogP contribution in [0.3, 0.4) is 0 Å². The van der Waals surface area contributed by atoms with Crippen LogP contribution in [0, 0.1) is 12.7 Å². The summed E-state index contributed by atoms with van der Waals surface area (Å²) < 4.78 is 48.5. The molecule has 0 atom stereocenters. The molecule has 0 spiro atoms. The summed E-state index contributed by atoms with van der Waals surface area (Å²) in [5, 5.41) is 9.69. The van der Waals surface area contributed by atoms with Crippen molar-refractivity contribution >= 4 is 10.9 Å². The maximum absolute atomic E-state index is 15.1. The lowest BCUT2D eigenvalue weighted by Gasteiger charge is -2.19. The zero-order chi connectivity index (χ0) is 25.5. The van der Waals surface area contributed by atoms with Gasteiger partial charge < -0.3 is 9.84 Å². The van der Waals surface area contributed by atoms with E-state index in [0.29, 0.717) is 22.5 Å². The number of benzene rings is 2. The molecule has 35 heavy (non-hydrogen) atoms. The number of halogens is 3. The van der Waals surface area contributed by atoms with Gasteiger partial charge in [-0.3, -0.25) is 14.2 Å². The van der Waals surface area contributed by atoms with Crippen LogP contribution in [-0.4, -0.2) is 37.7 Å². The Morgan fingerprint density at radius 2 is 1.83 bits per heavy atom. The monoisotopic (exact) mass is 486 g/mol. The summed E-state index contributed by atoms with van der Waals surface area (Å²) in [5.41, 5.74) is 1.18. The van der Waals surface area contributed by atoms with E-state index in [-0.39, 0.29) is 29.9 Å². The van der Waals surface area contributed by atoms with Gasteiger partial charge in [-0.1, -0.05) is 31.5 Å². The smallest absolute Gasteiger partial charge is 0.387 e. The summed E-state index contributed by atoms with van der Waals surface area (Å²) in [7, 11) is 1.53. The molecule has 0 bridgehead atoms. The topological polar surface area (TPSA) is 82.2 Å². The molecule has 7 nitrogen and oxygen atoms in total. The minimum absolute atomic E-state index is 0.00211. The SMILES string of the molecule is Cc1ccc(OC(F)F)c(Cn2c3cc(-c4cnc(C(C)(C)CO)nc4)c(F)cc3c(=O)n2C)c1. The quantitative estimate of drug-likeness (QED) is 0.424. The zero-order valence-electron chi connectivity index (χ0n) is 19.7. The van der Waals surface area contributed by atoms with Crippen LogP contribution in [-0.2, 0) is 19.0 Å². The minimum atomic E-state index is -3.00. The highest BCUT2D eigenvalue weighted by Gasteiger charge is 2.23. The molecule has 4 aromatic rings. The van der Waals surface area contributed by atoms with E-state index in [2.05, 4.69) is 14.7 Å². The Balaban J connectivity index is 1.83. The largest absolute Gasteiger partial charge is 0.434 e. The molecule has 0 radical (unpaired) electrons. The normalized spacial score (nSPS) is 12.0. The summed E-state index contributed by atoms with van der Waals surface area (Å²) in [5.74, 6) is -0.215. The number of aliphatic hydroxyl groups is 1. The number of aliphatic hydroxyl groups excluding tert-OH is 1. The third kappa shape index (κ3) is 4.66. The van der Waals surface area contributed by atoms with Crippen molar-refractivity contribution in [1.82, 2.24) is 19.3 Å². The van der Waals surface area contributed by atoms with Gasteiger partial charge in [0.15, 0.2) is 0 Å². The first-order valence-corrected chi connectivity index (χ1v) is 10.9. The lowest BCUT2D eigenvalue weighted by Crippen LogP contribution is -2.25. The molecule has 0 fully saturated rings. The van der Waals surface area contributed by atoms with Crippen molar-refractivity contribution in [3.05, 3.63) is 75.8 Å². The molecule has 0 saturated heterocycles. The Kier molecular flexibility index (Phi) is 6.42. The van der Waals surface area contributed by atoms with Crippen molar-refractivity contribution in [3.63, 3.8) is 0 Å². The number of alkyl halides is 2. The lowest BCUT2D eigenvalue weighted by molar-refractivity contribution is -0.0505. The molecule has 1 N–H and O–H groups in total. The van der Waals surface area contributed by atoms with Crippen LogP contribution in [0.5, 0.6) is 5.75 Å². The molecule has 10 heteroatoms. The van der Waals surface area contributed by atoms with Gasteiger partial charge in [-0.25, -0.2) is 14.4 Å². The first kappa shape index (κ1) is 24.5. The summed E-state index contributed by atoms with van der Waals surface area (Å²) in [6, 6.07) is 7.49. The molecule has 0 unspecified atom stereocenters. The molecular formula is C25H25F3N4O3. The predicted molar refractivity (Wildman–Crippen MR) is 125 cm³/mol. The zero-order valence-corrected chi connectivity index (χ0v) is 19.7. The number of aromatic nitrogens is 4. The van der Waals surface area contributed by atoms with E-state index < -0.39 is 23.4 Å². The second kappa shape index (κ2) is 9.18. The molecule has 2 heterocycles. The highest BCUT2D eigenvalue weighted by Crippen LogP contribution is 2.29. The first-order chi connectivity index (χ1) is 16.5. The van der Waals surface area contributed by atoms with Crippen LogP contribution in [0.4, 0.5) is 13.2 Å². The summed E-state index contributed by atoms with van der Waals surface area (Å²) in [6.07, 6.45) is 2.93. The fourth-order valence-electron chi connectivity index (χ4n) is 3.90. The average molecular weight is 486 g/mol. The van der Waals surface area contributed by atoms with E-state index >= 15 is 4.39 Å². The third-order valence-electron chi connectivity index (χ3n) is 5.97. The maximum Gasteiger partial charge on any atom is 0.387 e. The van der Waals surface area contributed by atoms with Crippen LogP contribution in [0.1, 0.15) is 30.8 Å². The van der Waals surface area contributed by atoms with Gasteiger partial charge in [0.05, 0.1) is 24.1 Å². The van der Waals surface area contributed by atoms with E-state index in [1.807, 2.05) is 6.92 Å². The number of ether oxygens (including phenoxy) is 1. The van der Waals surface area contributed by atoms with Crippen LogP contribution < -0.4 is 10.3 Å². The highest BCUT2D eigenvalue weighted by atomic mass is 19.3. The van der Waals surface area contributed by atoms with Crippen molar-refractivity contribution in [2.45, 2.75) is 39.3 Å². The molecule has 0 saturated carbocycles. The average Bonchev–Trinajstić information content (AvgIpc) is 3.04. The molecule has 0 aliphatic carbocycles. The van der Waals surface area contributed by atoms with Crippen LogP contribution >= 0.6 is 0 Å². The van der Waals surface area contributed by atoms with Crippen molar-refractivity contribution in [1.29, 1.82) is 0 Å². The second-order valence-electron chi connectivity index (χ2n) is 9.06. The second-order valence-corrected chi connectivity index (χ2v) is 9.06. The molecule has 0 amide bonds. The third-order valence-corrected chi connectivity index (χ3v) is 5.97. The van der Waals surface area contributed by atoms with E-state index in [1.54, 1.807) is 30.7 Å². The molecule has 2 aromatic carbocycles. The molecule has 4 rings (SSSR count). The van der Waals surface area contributed by atoms with Gasteiger partial charge in [-0.05, 0) is 25.1 Å². The molecule has 0 aliphatic rings.